The largest absolute Gasteiger partial charge is 0.384 e. The number of nitrogens with zero attached hydrogens (tertiary/aromatic N) is 1. The molecule has 0 saturated heterocycles. The Morgan fingerprint density at radius 1 is 1.10 bits per heavy atom. The summed E-state index contributed by atoms with van der Waals surface area (Å²) in [5, 5.41) is 7.47. The van der Waals surface area contributed by atoms with E-state index in [4.69, 9.17) is 11.1 Å². The number of benzene rings is 2. The van der Waals surface area contributed by atoms with Crippen molar-refractivity contribution in [1.82, 2.24) is 4.90 Å². The molecule has 2 rings (SSSR count). The lowest BCUT2D eigenvalue weighted by Gasteiger charge is -2.17. The number of rotatable bonds is 5. The van der Waals surface area contributed by atoms with Gasteiger partial charge in [-0.15, -0.1) is 0 Å². The van der Waals surface area contributed by atoms with E-state index in [-0.39, 0.29) is 5.84 Å². The lowest BCUT2D eigenvalue weighted by molar-refractivity contribution is 0.319. The molecule has 4 heteroatoms. The van der Waals surface area contributed by atoms with E-state index in [9.17, 15) is 0 Å². The summed E-state index contributed by atoms with van der Waals surface area (Å²) in [5.74, 6) is 0.113. The summed E-state index contributed by atoms with van der Waals surface area (Å²) in [6, 6.07) is 16.2. The van der Waals surface area contributed by atoms with Gasteiger partial charge in [0, 0.05) is 23.1 Å². The minimum atomic E-state index is 0.113. The van der Waals surface area contributed by atoms with Crippen molar-refractivity contribution >= 4 is 21.8 Å². The molecule has 0 aliphatic rings. The second-order valence-corrected chi connectivity index (χ2v) is 5.83. The second kappa shape index (κ2) is 6.68. The highest BCUT2D eigenvalue weighted by molar-refractivity contribution is 9.10. The lowest BCUT2D eigenvalue weighted by atomic mass is 10.1. The molecule has 0 aromatic heterocycles. The zero-order valence-corrected chi connectivity index (χ0v) is 13.0. The monoisotopic (exact) mass is 331 g/mol. The fourth-order valence-electron chi connectivity index (χ4n) is 2.11. The third-order valence-electron chi connectivity index (χ3n) is 3.06. The van der Waals surface area contributed by atoms with Crippen molar-refractivity contribution in [3.63, 3.8) is 0 Å². The molecule has 3 N–H and O–H groups in total. The van der Waals surface area contributed by atoms with Gasteiger partial charge in [-0.1, -0.05) is 46.3 Å². The van der Waals surface area contributed by atoms with Gasteiger partial charge >= 0.3 is 0 Å². The van der Waals surface area contributed by atoms with Crippen LogP contribution in [0.25, 0.3) is 0 Å². The summed E-state index contributed by atoms with van der Waals surface area (Å²) in [4.78, 5) is 2.24. The first-order chi connectivity index (χ1) is 9.54. The molecule has 0 unspecified atom stereocenters. The molecule has 104 valence electrons. The van der Waals surface area contributed by atoms with E-state index in [0.29, 0.717) is 0 Å². The molecule has 3 nitrogen and oxygen atoms in total. The minimum absolute atomic E-state index is 0.113. The van der Waals surface area contributed by atoms with E-state index in [0.717, 1.165) is 28.7 Å². The number of hydrogen-bond acceptors (Lipinski definition) is 2. The van der Waals surface area contributed by atoms with Gasteiger partial charge in [-0.3, -0.25) is 10.3 Å². The summed E-state index contributed by atoms with van der Waals surface area (Å²) < 4.78 is 1.10. The van der Waals surface area contributed by atoms with Crippen molar-refractivity contribution in [2.45, 2.75) is 13.1 Å². The molecule has 0 atom stereocenters. The van der Waals surface area contributed by atoms with E-state index in [1.54, 1.807) is 0 Å². The highest BCUT2D eigenvalue weighted by Crippen LogP contribution is 2.13. The molecule has 2 aromatic rings. The summed E-state index contributed by atoms with van der Waals surface area (Å²) in [7, 11) is 2.09. The molecule has 0 spiro atoms. The van der Waals surface area contributed by atoms with Crippen LogP contribution in [0.5, 0.6) is 0 Å². The van der Waals surface area contributed by atoms with E-state index in [2.05, 4.69) is 58.2 Å². The van der Waals surface area contributed by atoms with Gasteiger partial charge in [0.25, 0.3) is 0 Å². The van der Waals surface area contributed by atoms with Crippen LogP contribution in [-0.4, -0.2) is 17.8 Å². The average molecular weight is 332 g/mol. The molecule has 0 radical (unpaired) electrons. The van der Waals surface area contributed by atoms with Gasteiger partial charge in [-0.2, -0.15) is 0 Å². The maximum atomic E-state index is 7.47. The Balaban J connectivity index is 2.00. The molecule has 0 amide bonds. The van der Waals surface area contributed by atoms with Gasteiger partial charge < -0.3 is 5.73 Å². The predicted molar refractivity (Wildman–Crippen MR) is 86.8 cm³/mol. The van der Waals surface area contributed by atoms with Gasteiger partial charge in [0.15, 0.2) is 0 Å². The molecule has 0 aliphatic carbocycles. The molecular formula is C16H18BrN3. The van der Waals surface area contributed by atoms with Crippen molar-refractivity contribution in [3.8, 4) is 0 Å². The summed E-state index contributed by atoms with van der Waals surface area (Å²) in [6.45, 7) is 1.72. The molecule has 0 bridgehead atoms. The topological polar surface area (TPSA) is 53.1 Å². The number of nitrogens with two attached hydrogens (primary N) is 1. The third kappa shape index (κ3) is 4.18. The number of amidine groups is 1. The average Bonchev–Trinajstić information content (AvgIpc) is 2.41. The second-order valence-electron chi connectivity index (χ2n) is 4.91. The minimum Gasteiger partial charge on any atom is -0.384 e. The lowest BCUT2D eigenvalue weighted by Crippen LogP contribution is -2.18. The summed E-state index contributed by atoms with van der Waals surface area (Å²) in [6.07, 6.45) is 0. The van der Waals surface area contributed by atoms with Crippen LogP contribution in [0.15, 0.2) is 53.0 Å². The summed E-state index contributed by atoms with van der Waals surface area (Å²) in [5.41, 5.74) is 8.73. The smallest absolute Gasteiger partial charge is 0.122 e. The van der Waals surface area contributed by atoms with Crippen LogP contribution in [-0.2, 0) is 13.1 Å². The van der Waals surface area contributed by atoms with Crippen molar-refractivity contribution in [2.75, 3.05) is 7.05 Å². The number of nitrogens with one attached hydrogen (secondary N) is 1. The molecule has 0 heterocycles. The van der Waals surface area contributed by atoms with Gasteiger partial charge in [0.1, 0.15) is 5.84 Å². The molecule has 20 heavy (non-hydrogen) atoms. The quantitative estimate of drug-likeness (QED) is 0.652. The number of hydrogen-bond donors (Lipinski definition) is 2. The Bertz CT molecular complexity index is 593. The predicted octanol–water partition coefficient (Wildman–Crippen LogP) is 3.37. The Morgan fingerprint density at radius 3 is 2.40 bits per heavy atom. The van der Waals surface area contributed by atoms with Crippen LogP contribution in [0.4, 0.5) is 0 Å². The normalized spacial score (nSPS) is 10.8. The van der Waals surface area contributed by atoms with E-state index in [1.165, 1.54) is 5.56 Å². The van der Waals surface area contributed by atoms with Crippen LogP contribution >= 0.6 is 15.9 Å². The van der Waals surface area contributed by atoms with Crippen molar-refractivity contribution in [1.29, 1.82) is 5.41 Å². The van der Waals surface area contributed by atoms with Gasteiger partial charge in [0.05, 0.1) is 0 Å². The maximum absolute atomic E-state index is 7.47. The van der Waals surface area contributed by atoms with Crippen LogP contribution < -0.4 is 5.73 Å². The standard InChI is InChI=1S/C16H18BrN3/c1-20(10-12-5-7-15(17)8-6-12)11-13-3-2-4-14(9-13)16(18)19/h2-9H,10-11H2,1H3,(H3,18,19). The Kier molecular flexibility index (Phi) is 4.93. The third-order valence-corrected chi connectivity index (χ3v) is 3.58. The summed E-state index contributed by atoms with van der Waals surface area (Å²) >= 11 is 3.44. The maximum Gasteiger partial charge on any atom is 0.122 e. The highest BCUT2D eigenvalue weighted by Gasteiger charge is 2.04. The Labute approximate surface area is 128 Å². The van der Waals surface area contributed by atoms with E-state index in [1.807, 2.05) is 18.2 Å². The first-order valence-electron chi connectivity index (χ1n) is 6.41. The number of nitrogen functional groups attached to an aromatic ring is 1. The SMILES string of the molecule is CN(Cc1ccc(Br)cc1)Cc1cccc(C(=N)N)c1. The molecule has 0 aliphatic heterocycles. The Morgan fingerprint density at radius 2 is 1.75 bits per heavy atom. The van der Waals surface area contributed by atoms with Crippen LogP contribution in [0, 0.1) is 5.41 Å². The first kappa shape index (κ1) is 14.8. The van der Waals surface area contributed by atoms with Crippen LogP contribution in [0.2, 0.25) is 0 Å². The van der Waals surface area contributed by atoms with Crippen LogP contribution in [0.3, 0.4) is 0 Å². The van der Waals surface area contributed by atoms with E-state index < -0.39 is 0 Å². The van der Waals surface area contributed by atoms with Crippen molar-refractivity contribution in [2.24, 2.45) is 5.73 Å². The van der Waals surface area contributed by atoms with Gasteiger partial charge in [-0.05, 0) is 36.4 Å². The van der Waals surface area contributed by atoms with Crippen molar-refractivity contribution in [3.05, 3.63) is 69.7 Å². The molecule has 0 fully saturated rings. The number of halogens is 1. The highest BCUT2D eigenvalue weighted by atomic mass is 79.9. The fourth-order valence-corrected chi connectivity index (χ4v) is 2.37. The van der Waals surface area contributed by atoms with Gasteiger partial charge in [0.2, 0.25) is 0 Å². The zero-order chi connectivity index (χ0) is 14.5. The molecule has 0 saturated carbocycles. The van der Waals surface area contributed by atoms with Crippen LogP contribution in [0.1, 0.15) is 16.7 Å². The zero-order valence-electron chi connectivity index (χ0n) is 11.4. The molecule has 2 aromatic carbocycles. The first-order valence-corrected chi connectivity index (χ1v) is 7.20. The van der Waals surface area contributed by atoms with Crippen molar-refractivity contribution < 1.29 is 0 Å². The van der Waals surface area contributed by atoms with E-state index >= 15 is 0 Å². The molecular weight excluding hydrogens is 314 g/mol. The fraction of sp³-hybridized carbons (Fsp3) is 0.188. The Hall–Kier alpha value is -1.65. The van der Waals surface area contributed by atoms with Gasteiger partial charge in [-0.25, -0.2) is 0 Å².